The predicted molar refractivity (Wildman–Crippen MR) is 89.1 cm³/mol. The lowest BCUT2D eigenvalue weighted by Gasteiger charge is -2.13. The Labute approximate surface area is 140 Å². The maximum absolute atomic E-state index is 10.9. The fourth-order valence-electron chi connectivity index (χ4n) is 1.88. The van der Waals surface area contributed by atoms with Crippen molar-refractivity contribution in [3.8, 4) is 11.6 Å². The van der Waals surface area contributed by atoms with Crippen molar-refractivity contribution in [2.45, 2.75) is 6.10 Å². The molecule has 0 saturated heterocycles. The van der Waals surface area contributed by atoms with E-state index in [2.05, 4.69) is 10.3 Å². The summed E-state index contributed by atoms with van der Waals surface area (Å²) < 4.78 is 10.9. The monoisotopic (exact) mass is 331 g/mol. The van der Waals surface area contributed by atoms with Crippen LogP contribution in [0.4, 0.5) is 0 Å². The van der Waals surface area contributed by atoms with Gasteiger partial charge in [-0.3, -0.25) is 4.79 Å². The molecule has 7 nitrogen and oxygen atoms in total. The summed E-state index contributed by atoms with van der Waals surface area (Å²) in [6.07, 6.45) is 0.758. The zero-order valence-electron chi connectivity index (χ0n) is 13.2. The second-order valence-electron chi connectivity index (χ2n) is 5.08. The number of primary amides is 1. The highest BCUT2D eigenvalue weighted by Crippen LogP contribution is 2.08. The van der Waals surface area contributed by atoms with Gasteiger partial charge < -0.3 is 25.6 Å². The first-order valence-corrected chi connectivity index (χ1v) is 7.60. The standard InChI is InChI=1S/C17H21N3O4/c18-17(22)13-6-7-16(20-10-13)23-9-8-19-11-14(21)12-24-15-4-2-1-3-5-15/h1-7,10,14,19,21H,8-9,11-12H2,(H2,18,22). The molecule has 7 heteroatoms. The highest BCUT2D eigenvalue weighted by Gasteiger charge is 2.05. The summed E-state index contributed by atoms with van der Waals surface area (Å²) in [4.78, 5) is 14.9. The SMILES string of the molecule is NC(=O)c1ccc(OCCNCC(O)COc2ccccc2)nc1. The van der Waals surface area contributed by atoms with Crippen LogP contribution in [0.5, 0.6) is 11.6 Å². The van der Waals surface area contributed by atoms with Gasteiger partial charge in [-0.15, -0.1) is 0 Å². The first-order chi connectivity index (χ1) is 11.6. The summed E-state index contributed by atoms with van der Waals surface area (Å²) in [5.41, 5.74) is 5.47. The van der Waals surface area contributed by atoms with Crippen LogP contribution in [-0.4, -0.2) is 48.4 Å². The van der Waals surface area contributed by atoms with Gasteiger partial charge >= 0.3 is 0 Å². The molecule has 0 radical (unpaired) electrons. The first kappa shape index (κ1) is 17.7. The van der Waals surface area contributed by atoms with Crippen molar-refractivity contribution >= 4 is 5.91 Å². The number of carbonyl (C=O) groups is 1. The minimum atomic E-state index is -0.613. The number of hydrogen-bond donors (Lipinski definition) is 3. The number of hydrogen-bond acceptors (Lipinski definition) is 6. The molecule has 0 fully saturated rings. The molecule has 0 aliphatic carbocycles. The minimum absolute atomic E-state index is 0.216. The molecule has 4 N–H and O–H groups in total. The van der Waals surface area contributed by atoms with E-state index in [1.807, 2.05) is 30.3 Å². The van der Waals surface area contributed by atoms with Gasteiger partial charge in [0.1, 0.15) is 25.1 Å². The molecule has 0 bridgehead atoms. The van der Waals surface area contributed by atoms with Gasteiger partial charge in [0.2, 0.25) is 11.8 Å². The minimum Gasteiger partial charge on any atom is -0.491 e. The van der Waals surface area contributed by atoms with Crippen LogP contribution in [0, 0.1) is 0 Å². The normalized spacial score (nSPS) is 11.7. The third kappa shape index (κ3) is 6.23. The second kappa shape index (κ2) is 9.49. The van der Waals surface area contributed by atoms with Crippen molar-refractivity contribution in [1.29, 1.82) is 0 Å². The number of para-hydroxylation sites is 1. The molecule has 1 aromatic carbocycles. The number of ether oxygens (including phenoxy) is 2. The van der Waals surface area contributed by atoms with E-state index >= 15 is 0 Å². The van der Waals surface area contributed by atoms with E-state index < -0.39 is 12.0 Å². The zero-order chi connectivity index (χ0) is 17.2. The molecular weight excluding hydrogens is 310 g/mol. The van der Waals surface area contributed by atoms with E-state index in [1.54, 1.807) is 12.1 Å². The average Bonchev–Trinajstić information content (AvgIpc) is 2.61. The van der Waals surface area contributed by atoms with Crippen LogP contribution >= 0.6 is 0 Å². The van der Waals surface area contributed by atoms with Crippen LogP contribution in [0.3, 0.4) is 0 Å². The van der Waals surface area contributed by atoms with Gasteiger partial charge in [-0.1, -0.05) is 18.2 Å². The van der Waals surface area contributed by atoms with Crippen molar-refractivity contribution in [2.24, 2.45) is 5.73 Å². The summed E-state index contributed by atoms with van der Waals surface area (Å²) in [7, 11) is 0. The van der Waals surface area contributed by atoms with Gasteiger partial charge in [-0.05, 0) is 18.2 Å². The molecular formula is C17H21N3O4. The molecule has 1 amide bonds. The Morgan fingerprint density at radius 3 is 2.67 bits per heavy atom. The summed E-state index contributed by atoms with van der Waals surface area (Å²) in [6, 6.07) is 12.5. The third-order valence-corrected chi connectivity index (χ3v) is 3.12. The van der Waals surface area contributed by atoms with Crippen molar-refractivity contribution < 1.29 is 19.4 Å². The molecule has 0 aliphatic heterocycles. The number of aromatic nitrogens is 1. The Kier molecular flexibility index (Phi) is 7.00. The van der Waals surface area contributed by atoms with Crippen molar-refractivity contribution in [3.05, 3.63) is 54.2 Å². The molecule has 1 aromatic heterocycles. The number of nitrogens with two attached hydrogens (primary N) is 1. The van der Waals surface area contributed by atoms with Gasteiger partial charge in [-0.2, -0.15) is 0 Å². The molecule has 0 aliphatic rings. The Morgan fingerprint density at radius 2 is 2.00 bits per heavy atom. The number of nitrogens with one attached hydrogen (secondary N) is 1. The summed E-state index contributed by atoms with van der Waals surface area (Å²) in [5.74, 6) is 0.613. The molecule has 128 valence electrons. The van der Waals surface area contributed by atoms with Gasteiger partial charge in [-0.25, -0.2) is 4.98 Å². The number of nitrogens with zero attached hydrogens (tertiary/aromatic N) is 1. The second-order valence-corrected chi connectivity index (χ2v) is 5.08. The number of carbonyl (C=O) groups excluding carboxylic acids is 1. The van der Waals surface area contributed by atoms with E-state index in [0.29, 0.717) is 31.1 Å². The predicted octanol–water partition coefficient (Wildman–Crippen LogP) is 0.589. The molecule has 1 atom stereocenters. The molecule has 1 unspecified atom stereocenters. The Bertz CT molecular complexity index is 619. The van der Waals surface area contributed by atoms with Crippen molar-refractivity contribution in [3.63, 3.8) is 0 Å². The average molecular weight is 331 g/mol. The highest BCUT2D eigenvalue weighted by molar-refractivity contribution is 5.92. The number of benzene rings is 1. The summed E-state index contributed by atoms with van der Waals surface area (Å²) in [6.45, 7) is 1.54. The van der Waals surface area contributed by atoms with Crippen LogP contribution in [0.1, 0.15) is 10.4 Å². The highest BCUT2D eigenvalue weighted by atomic mass is 16.5. The first-order valence-electron chi connectivity index (χ1n) is 7.60. The quantitative estimate of drug-likeness (QED) is 0.550. The third-order valence-electron chi connectivity index (χ3n) is 3.12. The molecule has 2 aromatic rings. The Hall–Kier alpha value is -2.64. The van der Waals surface area contributed by atoms with E-state index in [-0.39, 0.29) is 6.61 Å². The van der Waals surface area contributed by atoms with Gasteiger partial charge in [0.15, 0.2) is 0 Å². The van der Waals surface area contributed by atoms with E-state index in [4.69, 9.17) is 15.2 Å². The van der Waals surface area contributed by atoms with Crippen LogP contribution in [-0.2, 0) is 0 Å². The lowest BCUT2D eigenvalue weighted by Crippen LogP contribution is -2.33. The number of amides is 1. The Morgan fingerprint density at radius 1 is 1.21 bits per heavy atom. The number of rotatable bonds is 10. The zero-order valence-corrected chi connectivity index (χ0v) is 13.2. The maximum atomic E-state index is 10.9. The molecule has 24 heavy (non-hydrogen) atoms. The molecule has 0 saturated carbocycles. The summed E-state index contributed by atoms with van der Waals surface area (Å²) >= 11 is 0. The van der Waals surface area contributed by atoms with Crippen LogP contribution < -0.4 is 20.5 Å². The fraction of sp³-hybridized carbons (Fsp3) is 0.294. The number of aliphatic hydroxyl groups is 1. The summed E-state index contributed by atoms with van der Waals surface area (Å²) in [5, 5.41) is 12.9. The van der Waals surface area contributed by atoms with E-state index in [0.717, 1.165) is 5.75 Å². The smallest absolute Gasteiger partial charge is 0.250 e. The Balaban J connectivity index is 1.56. The molecule has 1 heterocycles. The van der Waals surface area contributed by atoms with Crippen LogP contribution in [0.25, 0.3) is 0 Å². The maximum Gasteiger partial charge on any atom is 0.250 e. The lowest BCUT2D eigenvalue weighted by atomic mass is 10.3. The van der Waals surface area contributed by atoms with E-state index in [9.17, 15) is 9.90 Å². The number of pyridine rings is 1. The fourth-order valence-corrected chi connectivity index (χ4v) is 1.88. The van der Waals surface area contributed by atoms with E-state index in [1.165, 1.54) is 6.20 Å². The largest absolute Gasteiger partial charge is 0.491 e. The topological polar surface area (TPSA) is 107 Å². The van der Waals surface area contributed by atoms with Crippen LogP contribution in [0.15, 0.2) is 48.7 Å². The number of aliphatic hydroxyl groups excluding tert-OH is 1. The molecule has 2 rings (SSSR count). The van der Waals surface area contributed by atoms with Crippen LogP contribution in [0.2, 0.25) is 0 Å². The molecule has 0 spiro atoms. The lowest BCUT2D eigenvalue weighted by molar-refractivity contribution is 0.1000. The van der Waals surface area contributed by atoms with Gasteiger partial charge in [0.05, 0.1) is 5.56 Å². The van der Waals surface area contributed by atoms with Gasteiger partial charge in [0, 0.05) is 25.4 Å². The van der Waals surface area contributed by atoms with Gasteiger partial charge in [0.25, 0.3) is 0 Å². The van der Waals surface area contributed by atoms with Crippen molar-refractivity contribution in [1.82, 2.24) is 10.3 Å². The van der Waals surface area contributed by atoms with Crippen molar-refractivity contribution in [2.75, 3.05) is 26.3 Å².